The maximum absolute atomic E-state index is 12.4. The Balaban J connectivity index is 1.38. The number of hydrogen-bond acceptors (Lipinski definition) is 5. The van der Waals surface area contributed by atoms with E-state index in [0.29, 0.717) is 17.2 Å². The monoisotopic (exact) mass is 377 g/mol. The molecule has 0 saturated carbocycles. The summed E-state index contributed by atoms with van der Waals surface area (Å²) in [5.41, 5.74) is 1.41. The number of ether oxygens (including phenoxy) is 3. The summed E-state index contributed by atoms with van der Waals surface area (Å²) >= 11 is 0. The summed E-state index contributed by atoms with van der Waals surface area (Å²) < 4.78 is 15.9. The highest BCUT2D eigenvalue weighted by Gasteiger charge is 2.20. The van der Waals surface area contributed by atoms with Gasteiger partial charge in [0.1, 0.15) is 0 Å². The van der Waals surface area contributed by atoms with E-state index in [1.54, 1.807) is 25.1 Å². The molecule has 0 aromatic heterocycles. The van der Waals surface area contributed by atoms with E-state index in [1.807, 2.05) is 42.5 Å². The second-order valence-corrected chi connectivity index (χ2v) is 6.50. The van der Waals surface area contributed by atoms with Crippen molar-refractivity contribution in [1.82, 2.24) is 0 Å². The number of hydrogen-bond donors (Lipinski definition) is 1. The minimum Gasteiger partial charge on any atom is -0.454 e. The molecule has 1 aliphatic rings. The van der Waals surface area contributed by atoms with Gasteiger partial charge in [0.15, 0.2) is 17.6 Å². The molecule has 0 spiro atoms. The molecule has 1 aliphatic heterocycles. The fourth-order valence-electron chi connectivity index (χ4n) is 3.11. The molecule has 0 bridgehead atoms. The normalized spacial score (nSPS) is 13.2. The third-order valence-corrected chi connectivity index (χ3v) is 4.53. The summed E-state index contributed by atoms with van der Waals surface area (Å²) in [7, 11) is 0. The maximum Gasteiger partial charge on any atom is 0.311 e. The molecule has 1 amide bonds. The summed E-state index contributed by atoms with van der Waals surface area (Å²) in [6.45, 7) is 1.71. The number of esters is 1. The van der Waals surface area contributed by atoms with Crippen molar-refractivity contribution in [3.63, 3.8) is 0 Å². The molecule has 28 heavy (non-hydrogen) atoms. The van der Waals surface area contributed by atoms with Crippen LogP contribution in [-0.2, 0) is 20.7 Å². The van der Waals surface area contributed by atoms with E-state index in [0.717, 1.165) is 16.3 Å². The van der Waals surface area contributed by atoms with Crippen molar-refractivity contribution in [2.45, 2.75) is 19.4 Å². The van der Waals surface area contributed by atoms with Crippen LogP contribution < -0.4 is 14.8 Å². The highest BCUT2D eigenvalue weighted by atomic mass is 16.7. The van der Waals surface area contributed by atoms with Crippen molar-refractivity contribution in [2.75, 3.05) is 12.1 Å². The van der Waals surface area contributed by atoms with Crippen LogP contribution >= 0.6 is 0 Å². The molecule has 0 unspecified atom stereocenters. The lowest BCUT2D eigenvalue weighted by Crippen LogP contribution is -2.30. The molecule has 1 N–H and O–H groups in total. The van der Waals surface area contributed by atoms with E-state index < -0.39 is 18.0 Å². The van der Waals surface area contributed by atoms with Gasteiger partial charge in [0, 0.05) is 11.8 Å². The van der Waals surface area contributed by atoms with Crippen LogP contribution in [0.3, 0.4) is 0 Å². The molecule has 0 saturated heterocycles. The summed E-state index contributed by atoms with van der Waals surface area (Å²) in [5, 5.41) is 4.77. The first kappa shape index (κ1) is 17.9. The van der Waals surface area contributed by atoms with Crippen LogP contribution in [0.25, 0.3) is 10.8 Å². The number of fused-ring (bicyclic) bond motifs is 2. The molecule has 0 radical (unpaired) electrons. The predicted molar refractivity (Wildman–Crippen MR) is 104 cm³/mol. The van der Waals surface area contributed by atoms with Gasteiger partial charge in [-0.2, -0.15) is 0 Å². The Morgan fingerprint density at radius 3 is 2.71 bits per heavy atom. The molecule has 4 rings (SSSR count). The van der Waals surface area contributed by atoms with Gasteiger partial charge in [-0.1, -0.05) is 42.5 Å². The van der Waals surface area contributed by atoms with Crippen LogP contribution in [0.2, 0.25) is 0 Å². The van der Waals surface area contributed by atoms with E-state index in [1.165, 1.54) is 0 Å². The Kier molecular flexibility index (Phi) is 4.85. The van der Waals surface area contributed by atoms with Crippen molar-refractivity contribution in [1.29, 1.82) is 0 Å². The van der Waals surface area contributed by atoms with Crippen LogP contribution in [0.4, 0.5) is 5.69 Å². The zero-order valence-corrected chi connectivity index (χ0v) is 15.3. The zero-order valence-electron chi connectivity index (χ0n) is 15.3. The minimum atomic E-state index is -0.923. The van der Waals surface area contributed by atoms with Crippen LogP contribution in [0, 0.1) is 0 Å². The predicted octanol–water partition coefficient (Wildman–Crippen LogP) is 3.68. The van der Waals surface area contributed by atoms with Crippen LogP contribution in [0.15, 0.2) is 60.7 Å². The Morgan fingerprint density at radius 2 is 1.82 bits per heavy atom. The van der Waals surface area contributed by atoms with Gasteiger partial charge in [-0.15, -0.1) is 0 Å². The number of carbonyl (C=O) groups is 2. The molecule has 3 aromatic carbocycles. The fourth-order valence-corrected chi connectivity index (χ4v) is 3.11. The number of nitrogens with one attached hydrogen (secondary N) is 1. The number of anilines is 1. The number of amides is 1. The van der Waals surface area contributed by atoms with Crippen molar-refractivity contribution in [3.05, 3.63) is 66.2 Å². The highest BCUT2D eigenvalue weighted by Crippen LogP contribution is 2.34. The van der Waals surface area contributed by atoms with Gasteiger partial charge in [0.25, 0.3) is 5.91 Å². The largest absolute Gasteiger partial charge is 0.454 e. The molecule has 6 nitrogen and oxygen atoms in total. The molecule has 0 fully saturated rings. The summed E-state index contributed by atoms with van der Waals surface area (Å²) in [6.07, 6.45) is -0.823. The Bertz CT molecular complexity index is 1040. The first-order valence-electron chi connectivity index (χ1n) is 8.97. The third kappa shape index (κ3) is 3.76. The van der Waals surface area contributed by atoms with Crippen molar-refractivity contribution in [3.8, 4) is 11.5 Å². The molecule has 0 aliphatic carbocycles. The first-order valence-corrected chi connectivity index (χ1v) is 8.97. The van der Waals surface area contributed by atoms with Crippen molar-refractivity contribution in [2.24, 2.45) is 0 Å². The Hall–Kier alpha value is -3.54. The van der Waals surface area contributed by atoms with Crippen molar-refractivity contribution < 1.29 is 23.8 Å². The SMILES string of the molecule is C[C@H](OC(=O)Cc1cccc2ccccc12)C(=O)Nc1ccc2c(c1)OCO2. The fraction of sp³-hybridized carbons (Fsp3) is 0.182. The van der Waals surface area contributed by atoms with Gasteiger partial charge in [-0.3, -0.25) is 9.59 Å². The Morgan fingerprint density at radius 1 is 1.04 bits per heavy atom. The van der Waals surface area contributed by atoms with Crippen LogP contribution in [0.5, 0.6) is 11.5 Å². The minimum absolute atomic E-state index is 0.100. The number of rotatable bonds is 5. The molecular weight excluding hydrogens is 358 g/mol. The topological polar surface area (TPSA) is 73.9 Å². The van der Waals surface area contributed by atoms with E-state index in [2.05, 4.69) is 5.32 Å². The van der Waals surface area contributed by atoms with Gasteiger partial charge >= 0.3 is 5.97 Å². The van der Waals surface area contributed by atoms with Gasteiger partial charge in [-0.05, 0) is 35.4 Å². The van der Waals surface area contributed by atoms with Gasteiger partial charge in [-0.25, -0.2) is 0 Å². The third-order valence-electron chi connectivity index (χ3n) is 4.53. The first-order chi connectivity index (χ1) is 13.6. The maximum atomic E-state index is 12.4. The lowest BCUT2D eigenvalue weighted by molar-refractivity contribution is -0.152. The van der Waals surface area contributed by atoms with E-state index >= 15 is 0 Å². The van der Waals surface area contributed by atoms with E-state index in [4.69, 9.17) is 14.2 Å². The zero-order chi connectivity index (χ0) is 19.5. The second kappa shape index (κ2) is 7.60. The number of benzene rings is 3. The van der Waals surface area contributed by atoms with Gasteiger partial charge < -0.3 is 19.5 Å². The molecule has 1 atom stereocenters. The molecule has 3 aromatic rings. The molecule has 142 valence electrons. The van der Waals surface area contributed by atoms with Gasteiger partial charge in [0.05, 0.1) is 6.42 Å². The van der Waals surface area contributed by atoms with Crippen LogP contribution in [-0.4, -0.2) is 24.8 Å². The second-order valence-electron chi connectivity index (χ2n) is 6.50. The van der Waals surface area contributed by atoms with Crippen LogP contribution in [0.1, 0.15) is 12.5 Å². The van der Waals surface area contributed by atoms with E-state index in [9.17, 15) is 9.59 Å². The molecule has 1 heterocycles. The highest BCUT2D eigenvalue weighted by molar-refractivity contribution is 5.96. The standard InChI is InChI=1S/C22H19NO5/c1-14(22(25)23-17-9-10-19-20(12-17)27-13-26-19)28-21(24)11-16-7-4-6-15-5-2-3-8-18(15)16/h2-10,12,14H,11,13H2,1H3,(H,23,25)/t14-/m0/s1. The molecule has 6 heteroatoms. The Labute approximate surface area is 162 Å². The smallest absolute Gasteiger partial charge is 0.311 e. The summed E-state index contributed by atoms with van der Waals surface area (Å²) in [4.78, 5) is 24.7. The summed E-state index contributed by atoms with van der Waals surface area (Å²) in [5.74, 6) is 0.334. The van der Waals surface area contributed by atoms with Crippen molar-refractivity contribution >= 4 is 28.3 Å². The average molecular weight is 377 g/mol. The molecular formula is C22H19NO5. The average Bonchev–Trinajstić information content (AvgIpc) is 3.16. The lowest BCUT2D eigenvalue weighted by Gasteiger charge is -2.14. The lowest BCUT2D eigenvalue weighted by atomic mass is 10.0. The van der Waals surface area contributed by atoms with Gasteiger partial charge in [0.2, 0.25) is 6.79 Å². The van der Waals surface area contributed by atoms with E-state index in [-0.39, 0.29) is 13.2 Å². The number of carbonyl (C=O) groups excluding carboxylic acids is 2. The quantitative estimate of drug-likeness (QED) is 0.687. The summed E-state index contributed by atoms with van der Waals surface area (Å²) in [6, 6.07) is 18.7.